The molecule has 0 saturated carbocycles. The van der Waals surface area contributed by atoms with Gasteiger partial charge in [-0.1, -0.05) is 71.4 Å². The Kier molecular flexibility index (Phi) is 5.36. The van der Waals surface area contributed by atoms with E-state index in [0.29, 0.717) is 29.2 Å². The predicted molar refractivity (Wildman–Crippen MR) is 107 cm³/mol. The zero-order valence-electron chi connectivity index (χ0n) is 16.3. The van der Waals surface area contributed by atoms with Gasteiger partial charge in [-0.15, -0.1) is 0 Å². The van der Waals surface area contributed by atoms with Crippen LogP contribution in [0.4, 0.5) is 0 Å². The number of benzene rings is 1. The van der Waals surface area contributed by atoms with E-state index >= 15 is 0 Å². The molecule has 0 bridgehead atoms. The second-order valence-electron chi connectivity index (χ2n) is 8.38. The molecule has 2 atom stereocenters. The first kappa shape index (κ1) is 18.6. The van der Waals surface area contributed by atoms with Crippen LogP contribution < -0.4 is 0 Å². The smallest absolute Gasteiger partial charge is 0.199 e. The SMILES string of the molecule is CCC[C@@H]1O[Si](C(C)C)(C(C)C)C[C@@H]2CC(=O)C(c3ccccc3)=C21. The summed E-state index contributed by atoms with van der Waals surface area (Å²) in [5.41, 5.74) is 4.55. The largest absolute Gasteiger partial charge is 0.410 e. The normalized spacial score (nSPS) is 25.8. The van der Waals surface area contributed by atoms with E-state index in [1.165, 1.54) is 5.57 Å². The summed E-state index contributed by atoms with van der Waals surface area (Å²) in [6, 6.07) is 11.3. The highest BCUT2D eigenvalue weighted by molar-refractivity contribution is 6.76. The van der Waals surface area contributed by atoms with Crippen molar-refractivity contribution in [1.29, 1.82) is 0 Å². The van der Waals surface area contributed by atoms with Gasteiger partial charge in [-0.3, -0.25) is 4.79 Å². The van der Waals surface area contributed by atoms with Crippen LogP contribution in [0.3, 0.4) is 0 Å². The lowest BCUT2D eigenvalue weighted by atomic mass is 9.92. The minimum Gasteiger partial charge on any atom is -0.410 e. The van der Waals surface area contributed by atoms with Crippen molar-refractivity contribution in [2.24, 2.45) is 5.92 Å². The molecule has 2 aliphatic rings. The van der Waals surface area contributed by atoms with Gasteiger partial charge < -0.3 is 4.43 Å². The molecular formula is C22H32O2Si. The Morgan fingerprint density at radius 3 is 2.32 bits per heavy atom. The maximum absolute atomic E-state index is 12.9. The minimum absolute atomic E-state index is 0.141. The number of rotatable bonds is 5. The lowest BCUT2D eigenvalue weighted by Crippen LogP contribution is -2.53. The molecule has 1 aliphatic heterocycles. The third kappa shape index (κ3) is 3.17. The summed E-state index contributed by atoms with van der Waals surface area (Å²) in [6.07, 6.45) is 2.96. The summed E-state index contributed by atoms with van der Waals surface area (Å²) in [7, 11) is -1.87. The van der Waals surface area contributed by atoms with Crippen LogP contribution in [-0.4, -0.2) is 20.2 Å². The van der Waals surface area contributed by atoms with E-state index in [1.807, 2.05) is 18.2 Å². The van der Waals surface area contributed by atoms with Gasteiger partial charge in [0.05, 0.1) is 6.10 Å². The van der Waals surface area contributed by atoms with Gasteiger partial charge in [0.1, 0.15) is 0 Å². The van der Waals surface area contributed by atoms with Crippen molar-refractivity contribution >= 4 is 19.7 Å². The summed E-state index contributed by atoms with van der Waals surface area (Å²) in [5.74, 6) is 0.734. The molecule has 1 fully saturated rings. The highest BCUT2D eigenvalue weighted by Gasteiger charge is 2.53. The molecule has 0 spiro atoms. The van der Waals surface area contributed by atoms with Crippen LogP contribution in [0.5, 0.6) is 0 Å². The van der Waals surface area contributed by atoms with E-state index in [1.54, 1.807) is 0 Å². The lowest BCUT2D eigenvalue weighted by molar-refractivity contribution is -0.113. The Balaban J connectivity index is 2.09. The van der Waals surface area contributed by atoms with E-state index < -0.39 is 8.32 Å². The van der Waals surface area contributed by atoms with Gasteiger partial charge in [-0.25, -0.2) is 0 Å². The molecule has 1 saturated heterocycles. The Morgan fingerprint density at radius 1 is 1.12 bits per heavy atom. The van der Waals surface area contributed by atoms with Gasteiger partial charge in [0, 0.05) is 12.0 Å². The van der Waals surface area contributed by atoms with Crippen LogP contribution in [0, 0.1) is 5.92 Å². The number of hydrogen-bond donors (Lipinski definition) is 0. The van der Waals surface area contributed by atoms with Gasteiger partial charge in [0.15, 0.2) is 14.1 Å². The van der Waals surface area contributed by atoms with Crippen LogP contribution in [0.15, 0.2) is 35.9 Å². The van der Waals surface area contributed by atoms with Crippen LogP contribution >= 0.6 is 0 Å². The molecular weight excluding hydrogens is 324 g/mol. The zero-order valence-corrected chi connectivity index (χ0v) is 17.3. The molecule has 0 aromatic heterocycles. The van der Waals surface area contributed by atoms with E-state index in [4.69, 9.17) is 4.43 Å². The molecule has 3 heteroatoms. The van der Waals surface area contributed by atoms with Crippen LogP contribution in [0.2, 0.25) is 17.1 Å². The number of Topliss-reactive ketones (excluding diaryl/α,β-unsaturated/α-hetero) is 1. The third-order valence-electron chi connectivity index (χ3n) is 6.28. The van der Waals surface area contributed by atoms with Gasteiger partial charge in [-0.05, 0) is 40.6 Å². The van der Waals surface area contributed by atoms with Gasteiger partial charge >= 0.3 is 0 Å². The van der Waals surface area contributed by atoms with Crippen molar-refractivity contribution in [3.8, 4) is 0 Å². The molecule has 25 heavy (non-hydrogen) atoms. The van der Waals surface area contributed by atoms with Crippen molar-refractivity contribution in [2.45, 2.75) is 77.1 Å². The summed E-state index contributed by atoms with van der Waals surface area (Å²) >= 11 is 0. The van der Waals surface area contributed by atoms with Gasteiger partial charge in [0.2, 0.25) is 0 Å². The highest BCUT2D eigenvalue weighted by atomic mass is 28.4. The predicted octanol–water partition coefficient (Wildman–Crippen LogP) is 5.99. The van der Waals surface area contributed by atoms with Crippen LogP contribution in [0.1, 0.15) is 59.4 Å². The number of fused-ring (bicyclic) bond motifs is 1. The Labute approximate surface area is 153 Å². The van der Waals surface area contributed by atoms with E-state index in [2.05, 4.69) is 46.8 Å². The molecule has 1 aromatic rings. The number of carbonyl (C=O) groups excluding carboxylic acids is 1. The average Bonchev–Trinajstić information content (AvgIpc) is 2.91. The standard InChI is InChI=1S/C22H32O2Si/c1-6-10-20-22-18(14-25(24-20,15(2)3)16(4)5)13-19(23)21(22)17-11-8-7-9-12-17/h7-9,11-12,15-16,18,20H,6,10,13-14H2,1-5H3/t18-,20-/m0/s1. The minimum atomic E-state index is -1.87. The molecule has 1 aliphatic carbocycles. The molecule has 0 amide bonds. The zero-order chi connectivity index (χ0) is 18.2. The fraction of sp³-hybridized carbons (Fsp3) is 0.591. The van der Waals surface area contributed by atoms with Gasteiger partial charge in [-0.2, -0.15) is 0 Å². The average molecular weight is 357 g/mol. The molecule has 3 rings (SSSR count). The third-order valence-corrected chi connectivity index (χ3v) is 12.0. The topological polar surface area (TPSA) is 26.3 Å². The molecule has 0 unspecified atom stereocenters. The summed E-state index contributed by atoms with van der Waals surface area (Å²) in [5, 5.41) is 0. The first-order chi connectivity index (χ1) is 11.9. The van der Waals surface area contributed by atoms with E-state index in [0.717, 1.165) is 30.0 Å². The monoisotopic (exact) mass is 356 g/mol. The summed E-state index contributed by atoms with van der Waals surface area (Å²) in [6.45, 7) is 11.6. The molecule has 2 nitrogen and oxygen atoms in total. The quantitative estimate of drug-likeness (QED) is 0.605. The van der Waals surface area contributed by atoms with E-state index in [-0.39, 0.29) is 6.10 Å². The highest BCUT2D eigenvalue weighted by Crippen LogP contribution is 2.53. The molecule has 0 N–H and O–H groups in total. The fourth-order valence-corrected chi connectivity index (χ4v) is 9.81. The molecule has 0 radical (unpaired) electrons. The Morgan fingerprint density at radius 2 is 1.76 bits per heavy atom. The number of allylic oxidation sites excluding steroid dienone is 1. The first-order valence-electron chi connectivity index (χ1n) is 9.91. The lowest BCUT2D eigenvalue weighted by Gasteiger charge is -2.48. The maximum atomic E-state index is 12.9. The first-order valence-corrected chi connectivity index (χ1v) is 12.2. The van der Waals surface area contributed by atoms with Crippen LogP contribution in [0.25, 0.3) is 5.57 Å². The Bertz CT molecular complexity index is 652. The molecule has 1 heterocycles. The Hall–Kier alpha value is -1.19. The van der Waals surface area contributed by atoms with Crippen LogP contribution in [-0.2, 0) is 9.22 Å². The molecule has 136 valence electrons. The van der Waals surface area contributed by atoms with Crippen molar-refractivity contribution in [2.75, 3.05) is 0 Å². The molecule has 1 aromatic carbocycles. The van der Waals surface area contributed by atoms with Gasteiger partial charge in [0.25, 0.3) is 0 Å². The van der Waals surface area contributed by atoms with Crippen molar-refractivity contribution in [1.82, 2.24) is 0 Å². The second kappa shape index (κ2) is 7.20. The summed E-state index contributed by atoms with van der Waals surface area (Å²) < 4.78 is 6.98. The van der Waals surface area contributed by atoms with Crippen molar-refractivity contribution in [3.05, 3.63) is 41.5 Å². The second-order valence-corrected chi connectivity index (χ2v) is 13.2. The number of ketones is 1. The summed E-state index contributed by atoms with van der Waals surface area (Å²) in [4.78, 5) is 12.9. The van der Waals surface area contributed by atoms with E-state index in [9.17, 15) is 4.79 Å². The maximum Gasteiger partial charge on any atom is 0.199 e. The number of carbonyl (C=O) groups is 1. The van der Waals surface area contributed by atoms with Crippen molar-refractivity contribution in [3.63, 3.8) is 0 Å². The fourth-order valence-electron chi connectivity index (χ4n) is 4.99. The van der Waals surface area contributed by atoms with Crippen molar-refractivity contribution < 1.29 is 9.22 Å². The number of hydrogen-bond acceptors (Lipinski definition) is 2.